The van der Waals surface area contributed by atoms with Crippen LogP contribution in [0.4, 0.5) is 0 Å². The summed E-state index contributed by atoms with van der Waals surface area (Å²) in [6.45, 7) is 0.467. The van der Waals surface area contributed by atoms with Crippen molar-refractivity contribution < 1.29 is 4.79 Å². The second-order valence-corrected chi connectivity index (χ2v) is 6.81. The number of carbonyl (C=O) groups is 1. The van der Waals surface area contributed by atoms with Gasteiger partial charge in [0, 0.05) is 19.7 Å². The standard InChI is InChI=1S/C17H16N8O2S/c1-23-13(9-12(21-23)14-3-2-8-28-14)17(27)19-6-7-24-16(26)5-4-15(22-24)25-11-18-10-20-25/h2-5,8-11H,6-7H2,1H3,(H,19,27). The Hall–Kier alpha value is -3.60. The van der Waals surface area contributed by atoms with Gasteiger partial charge in [-0.25, -0.2) is 14.3 Å². The third kappa shape index (κ3) is 3.60. The van der Waals surface area contributed by atoms with Crippen molar-refractivity contribution in [3.05, 3.63) is 64.4 Å². The summed E-state index contributed by atoms with van der Waals surface area (Å²) in [7, 11) is 1.72. The van der Waals surface area contributed by atoms with Crippen molar-refractivity contribution in [3.8, 4) is 16.4 Å². The summed E-state index contributed by atoms with van der Waals surface area (Å²) in [5.41, 5.74) is 0.930. The maximum Gasteiger partial charge on any atom is 0.269 e. The molecule has 0 aromatic carbocycles. The summed E-state index contributed by atoms with van der Waals surface area (Å²) in [6.07, 6.45) is 2.88. The maximum atomic E-state index is 12.5. The third-order valence-corrected chi connectivity index (χ3v) is 4.89. The van der Waals surface area contributed by atoms with Crippen LogP contribution in [0, 0.1) is 0 Å². The van der Waals surface area contributed by atoms with Crippen LogP contribution in [0.5, 0.6) is 0 Å². The van der Waals surface area contributed by atoms with Gasteiger partial charge in [-0.15, -0.1) is 16.4 Å². The first-order valence-electron chi connectivity index (χ1n) is 8.41. The molecule has 0 aliphatic heterocycles. The van der Waals surface area contributed by atoms with E-state index < -0.39 is 0 Å². The summed E-state index contributed by atoms with van der Waals surface area (Å²) in [5, 5.41) is 17.4. The molecule has 0 saturated carbocycles. The summed E-state index contributed by atoms with van der Waals surface area (Å²) >= 11 is 1.56. The Morgan fingerprint density at radius 2 is 2.14 bits per heavy atom. The first-order chi connectivity index (χ1) is 13.6. The lowest BCUT2D eigenvalue weighted by atomic mass is 10.3. The van der Waals surface area contributed by atoms with Crippen LogP contribution in [0.3, 0.4) is 0 Å². The van der Waals surface area contributed by atoms with E-state index in [2.05, 4.69) is 25.6 Å². The number of amides is 1. The van der Waals surface area contributed by atoms with Crippen molar-refractivity contribution in [3.63, 3.8) is 0 Å². The topological polar surface area (TPSA) is 113 Å². The third-order valence-electron chi connectivity index (χ3n) is 4.00. The van der Waals surface area contributed by atoms with Crippen molar-refractivity contribution in [1.82, 2.24) is 39.6 Å². The minimum atomic E-state index is -0.265. The minimum absolute atomic E-state index is 0.225. The van der Waals surface area contributed by atoms with Crippen LogP contribution >= 0.6 is 11.3 Å². The lowest BCUT2D eigenvalue weighted by molar-refractivity contribution is 0.0942. The van der Waals surface area contributed by atoms with Gasteiger partial charge in [-0.1, -0.05) is 6.07 Å². The normalized spacial score (nSPS) is 10.9. The molecule has 0 bridgehead atoms. The molecule has 0 radical (unpaired) electrons. The van der Waals surface area contributed by atoms with Crippen molar-refractivity contribution in [1.29, 1.82) is 0 Å². The summed E-state index contributed by atoms with van der Waals surface area (Å²) in [6, 6.07) is 8.60. The van der Waals surface area contributed by atoms with E-state index in [0.29, 0.717) is 11.5 Å². The first-order valence-corrected chi connectivity index (χ1v) is 9.29. The molecule has 0 saturated heterocycles. The molecular weight excluding hydrogens is 380 g/mol. The molecule has 4 heterocycles. The molecule has 0 spiro atoms. The predicted molar refractivity (Wildman–Crippen MR) is 102 cm³/mol. The molecule has 0 unspecified atom stereocenters. The molecular formula is C17H16N8O2S. The minimum Gasteiger partial charge on any atom is -0.349 e. The van der Waals surface area contributed by atoms with Gasteiger partial charge in [-0.05, 0) is 23.6 Å². The van der Waals surface area contributed by atoms with Gasteiger partial charge in [0.25, 0.3) is 11.5 Å². The Balaban J connectivity index is 1.42. The van der Waals surface area contributed by atoms with Crippen LogP contribution in [0.25, 0.3) is 16.4 Å². The number of aromatic nitrogens is 7. The SMILES string of the molecule is Cn1nc(-c2cccs2)cc1C(=O)NCCn1nc(-n2cncn2)ccc1=O. The van der Waals surface area contributed by atoms with E-state index in [9.17, 15) is 9.59 Å². The van der Waals surface area contributed by atoms with E-state index in [1.165, 1.54) is 28.1 Å². The van der Waals surface area contributed by atoms with Crippen LogP contribution in [0.15, 0.2) is 53.2 Å². The second-order valence-electron chi connectivity index (χ2n) is 5.86. The molecule has 4 aromatic heterocycles. The number of rotatable bonds is 6. The molecule has 1 N–H and O–H groups in total. The average Bonchev–Trinajstić information content (AvgIpc) is 3.44. The Bertz CT molecular complexity index is 1140. The molecule has 10 nitrogen and oxygen atoms in total. The Morgan fingerprint density at radius 1 is 1.25 bits per heavy atom. The average molecular weight is 396 g/mol. The van der Waals surface area contributed by atoms with Crippen LogP contribution in [-0.2, 0) is 13.6 Å². The van der Waals surface area contributed by atoms with Gasteiger partial charge in [-0.3, -0.25) is 14.3 Å². The molecule has 28 heavy (non-hydrogen) atoms. The highest BCUT2D eigenvalue weighted by Gasteiger charge is 2.14. The quantitative estimate of drug-likeness (QED) is 0.514. The van der Waals surface area contributed by atoms with E-state index >= 15 is 0 Å². The van der Waals surface area contributed by atoms with Crippen LogP contribution in [0.2, 0.25) is 0 Å². The van der Waals surface area contributed by atoms with Crippen molar-refractivity contribution in [2.75, 3.05) is 6.54 Å². The first kappa shape index (κ1) is 17.8. The molecule has 11 heteroatoms. The van der Waals surface area contributed by atoms with E-state index in [1.54, 1.807) is 35.2 Å². The number of nitrogens with one attached hydrogen (secondary N) is 1. The lowest BCUT2D eigenvalue weighted by Crippen LogP contribution is -2.33. The van der Waals surface area contributed by atoms with E-state index in [1.807, 2.05) is 17.5 Å². The highest BCUT2D eigenvalue weighted by atomic mass is 32.1. The number of hydrogen-bond acceptors (Lipinski definition) is 7. The van der Waals surface area contributed by atoms with Gasteiger partial charge in [0.2, 0.25) is 0 Å². The van der Waals surface area contributed by atoms with Gasteiger partial charge in [0.1, 0.15) is 24.0 Å². The fraction of sp³-hybridized carbons (Fsp3) is 0.176. The number of hydrogen-bond donors (Lipinski definition) is 1. The van der Waals surface area contributed by atoms with E-state index in [0.717, 1.165) is 10.6 Å². The highest BCUT2D eigenvalue weighted by molar-refractivity contribution is 7.13. The highest BCUT2D eigenvalue weighted by Crippen LogP contribution is 2.23. The molecule has 0 aliphatic carbocycles. The molecule has 0 aliphatic rings. The summed E-state index contributed by atoms with van der Waals surface area (Å²) in [5.74, 6) is 0.203. The zero-order valence-electron chi connectivity index (χ0n) is 14.9. The van der Waals surface area contributed by atoms with Crippen molar-refractivity contribution >= 4 is 17.2 Å². The van der Waals surface area contributed by atoms with Crippen molar-refractivity contribution in [2.45, 2.75) is 6.54 Å². The Kier molecular flexibility index (Phi) is 4.81. The van der Waals surface area contributed by atoms with Gasteiger partial charge >= 0.3 is 0 Å². The molecule has 0 fully saturated rings. The number of carbonyl (C=O) groups excluding carboxylic acids is 1. The van der Waals surface area contributed by atoms with Gasteiger partial charge in [-0.2, -0.15) is 10.2 Å². The van der Waals surface area contributed by atoms with Gasteiger partial charge in [0.05, 0.1) is 11.4 Å². The maximum absolute atomic E-state index is 12.5. The molecule has 0 atom stereocenters. The largest absolute Gasteiger partial charge is 0.349 e. The summed E-state index contributed by atoms with van der Waals surface area (Å²) in [4.78, 5) is 29.3. The predicted octanol–water partition coefficient (Wildman–Crippen LogP) is 0.716. The zero-order valence-corrected chi connectivity index (χ0v) is 15.7. The molecule has 4 aromatic rings. The van der Waals surface area contributed by atoms with Gasteiger partial charge < -0.3 is 5.32 Å². The smallest absolute Gasteiger partial charge is 0.269 e. The second kappa shape index (κ2) is 7.56. The fourth-order valence-corrected chi connectivity index (χ4v) is 3.32. The molecule has 4 rings (SSSR count). The number of aryl methyl sites for hydroxylation is 1. The Labute approximate surface area is 163 Å². The van der Waals surface area contributed by atoms with Crippen LogP contribution in [-0.4, -0.2) is 46.8 Å². The van der Waals surface area contributed by atoms with Crippen LogP contribution in [0.1, 0.15) is 10.5 Å². The van der Waals surface area contributed by atoms with E-state index in [4.69, 9.17) is 0 Å². The Morgan fingerprint density at radius 3 is 2.89 bits per heavy atom. The molecule has 142 valence electrons. The van der Waals surface area contributed by atoms with Gasteiger partial charge in [0.15, 0.2) is 5.82 Å². The monoisotopic (exact) mass is 396 g/mol. The lowest BCUT2D eigenvalue weighted by Gasteiger charge is -2.08. The molecule has 1 amide bonds. The van der Waals surface area contributed by atoms with Crippen molar-refractivity contribution in [2.24, 2.45) is 7.05 Å². The van der Waals surface area contributed by atoms with Crippen LogP contribution < -0.4 is 10.9 Å². The number of thiophene rings is 1. The number of nitrogens with zero attached hydrogens (tertiary/aromatic N) is 7. The summed E-state index contributed by atoms with van der Waals surface area (Å²) < 4.78 is 4.27. The van der Waals surface area contributed by atoms with E-state index in [-0.39, 0.29) is 24.6 Å². The zero-order chi connectivity index (χ0) is 19.5. The fourth-order valence-electron chi connectivity index (χ4n) is 2.64.